The lowest BCUT2D eigenvalue weighted by molar-refractivity contribution is -0.137. The molecule has 1 aromatic rings. The molecular formula is C16H21F3N2O. The zero-order valence-corrected chi connectivity index (χ0v) is 12.8. The summed E-state index contributed by atoms with van der Waals surface area (Å²) in [5.41, 5.74) is -0.482. The zero-order chi connectivity index (χ0) is 16.3. The Kier molecular flexibility index (Phi) is 5.11. The number of hydrogen-bond acceptors (Lipinski definition) is 2. The lowest BCUT2D eigenvalue weighted by atomic mass is 9.89. The van der Waals surface area contributed by atoms with Gasteiger partial charge in [0.15, 0.2) is 0 Å². The maximum Gasteiger partial charge on any atom is 0.416 e. The van der Waals surface area contributed by atoms with Crippen molar-refractivity contribution in [1.29, 1.82) is 0 Å². The van der Waals surface area contributed by atoms with Crippen molar-refractivity contribution in [3.63, 3.8) is 0 Å². The van der Waals surface area contributed by atoms with Crippen LogP contribution in [0.25, 0.3) is 0 Å². The van der Waals surface area contributed by atoms with Gasteiger partial charge in [0.05, 0.1) is 5.56 Å². The lowest BCUT2D eigenvalue weighted by Gasteiger charge is -2.36. The van der Waals surface area contributed by atoms with Crippen molar-refractivity contribution in [2.45, 2.75) is 43.9 Å². The Morgan fingerprint density at radius 3 is 2.27 bits per heavy atom. The van der Waals surface area contributed by atoms with Crippen LogP contribution in [0, 0.1) is 0 Å². The van der Waals surface area contributed by atoms with Crippen molar-refractivity contribution in [1.82, 2.24) is 10.2 Å². The third kappa shape index (κ3) is 4.00. The molecule has 0 saturated heterocycles. The number of nitrogens with zero attached hydrogens (tertiary/aromatic N) is 1. The van der Waals surface area contributed by atoms with Gasteiger partial charge >= 0.3 is 6.18 Å². The second kappa shape index (κ2) is 6.69. The fourth-order valence-corrected chi connectivity index (χ4v) is 2.96. The molecule has 1 aromatic carbocycles. The molecule has 0 radical (unpaired) electrons. The van der Waals surface area contributed by atoms with E-state index in [0.29, 0.717) is 0 Å². The Labute approximate surface area is 128 Å². The molecule has 1 N–H and O–H groups in total. The first-order chi connectivity index (χ1) is 10.3. The van der Waals surface area contributed by atoms with E-state index in [4.69, 9.17) is 0 Å². The number of benzene rings is 1. The molecule has 0 unspecified atom stereocenters. The third-order valence-electron chi connectivity index (χ3n) is 4.18. The zero-order valence-electron chi connectivity index (χ0n) is 12.8. The number of amides is 1. The van der Waals surface area contributed by atoms with Gasteiger partial charge in [0.2, 0.25) is 0 Å². The van der Waals surface area contributed by atoms with Crippen LogP contribution in [0.15, 0.2) is 24.3 Å². The van der Waals surface area contributed by atoms with Crippen molar-refractivity contribution in [2.75, 3.05) is 14.1 Å². The average Bonchev–Trinajstić information content (AvgIpc) is 2.46. The molecule has 0 aliphatic heterocycles. The first-order valence-electron chi connectivity index (χ1n) is 7.43. The van der Waals surface area contributed by atoms with Gasteiger partial charge in [-0.3, -0.25) is 4.79 Å². The van der Waals surface area contributed by atoms with Crippen LogP contribution in [0.5, 0.6) is 0 Å². The number of likely N-dealkylation sites (N-methyl/N-ethyl adjacent to an activating group) is 1. The molecule has 1 aliphatic carbocycles. The van der Waals surface area contributed by atoms with Crippen molar-refractivity contribution in [2.24, 2.45) is 0 Å². The number of halogens is 3. The van der Waals surface area contributed by atoms with Crippen molar-refractivity contribution >= 4 is 5.91 Å². The van der Waals surface area contributed by atoms with Crippen LogP contribution < -0.4 is 5.32 Å². The molecule has 6 heteroatoms. The molecule has 1 amide bonds. The predicted molar refractivity (Wildman–Crippen MR) is 78.6 cm³/mol. The summed E-state index contributed by atoms with van der Waals surface area (Å²) in [5, 5.41) is 2.96. The van der Waals surface area contributed by atoms with E-state index in [-0.39, 0.29) is 23.6 Å². The first kappa shape index (κ1) is 16.8. The van der Waals surface area contributed by atoms with Crippen LogP contribution in [0.1, 0.15) is 41.6 Å². The second-order valence-corrected chi connectivity index (χ2v) is 5.97. The first-order valence-corrected chi connectivity index (χ1v) is 7.43. The summed E-state index contributed by atoms with van der Waals surface area (Å²) in [4.78, 5) is 14.3. The molecule has 0 spiro atoms. The Bertz CT molecular complexity index is 511. The molecule has 0 bridgehead atoms. The van der Waals surface area contributed by atoms with E-state index in [1.54, 1.807) is 0 Å². The summed E-state index contributed by atoms with van der Waals surface area (Å²) < 4.78 is 37.6. The summed E-state index contributed by atoms with van der Waals surface area (Å²) in [6.07, 6.45) is -0.271. The standard InChI is InChI=1S/C16H21F3N2O/c1-21(2)14-6-4-3-5-13(14)20-15(22)11-7-9-12(10-8-11)16(17,18)19/h7-10,13-14H,3-6H2,1-2H3,(H,20,22)/t13-,14-/m1/s1. The van der Waals surface area contributed by atoms with E-state index in [1.807, 2.05) is 14.1 Å². The van der Waals surface area contributed by atoms with Gasteiger partial charge in [-0.1, -0.05) is 12.8 Å². The highest BCUT2D eigenvalue weighted by Gasteiger charge is 2.31. The molecule has 0 aromatic heterocycles. The molecule has 2 atom stereocenters. The minimum Gasteiger partial charge on any atom is -0.348 e. The van der Waals surface area contributed by atoms with Crippen molar-refractivity contribution in [3.8, 4) is 0 Å². The van der Waals surface area contributed by atoms with Crippen LogP contribution in [-0.4, -0.2) is 37.0 Å². The Morgan fingerprint density at radius 2 is 1.73 bits per heavy atom. The maximum absolute atomic E-state index is 12.5. The summed E-state index contributed by atoms with van der Waals surface area (Å²) in [5.74, 6) is -0.313. The van der Waals surface area contributed by atoms with Gasteiger partial charge in [-0.2, -0.15) is 13.2 Å². The number of carbonyl (C=O) groups excluding carboxylic acids is 1. The van der Waals surface area contributed by atoms with E-state index in [1.165, 1.54) is 12.1 Å². The number of alkyl halides is 3. The monoisotopic (exact) mass is 314 g/mol. The highest BCUT2D eigenvalue weighted by molar-refractivity contribution is 5.94. The second-order valence-electron chi connectivity index (χ2n) is 5.97. The number of hydrogen-bond donors (Lipinski definition) is 1. The number of carbonyl (C=O) groups is 1. The van der Waals surface area contributed by atoms with Gasteiger partial charge in [-0.15, -0.1) is 0 Å². The topological polar surface area (TPSA) is 32.3 Å². The average molecular weight is 314 g/mol. The molecule has 2 rings (SSSR count). The van der Waals surface area contributed by atoms with Gasteiger partial charge in [0.25, 0.3) is 5.91 Å². The van der Waals surface area contributed by atoms with E-state index in [9.17, 15) is 18.0 Å². The molecule has 1 aliphatic rings. The normalized spacial score (nSPS) is 22.6. The SMILES string of the molecule is CN(C)[C@@H]1CCCC[C@H]1NC(=O)c1ccc(C(F)(F)F)cc1. The molecular weight excluding hydrogens is 293 g/mol. The minimum atomic E-state index is -4.38. The summed E-state index contributed by atoms with van der Waals surface area (Å²) >= 11 is 0. The number of nitrogens with one attached hydrogen (secondary N) is 1. The largest absolute Gasteiger partial charge is 0.416 e. The van der Waals surface area contributed by atoms with E-state index >= 15 is 0 Å². The highest BCUT2D eigenvalue weighted by atomic mass is 19.4. The third-order valence-corrected chi connectivity index (χ3v) is 4.18. The van der Waals surface area contributed by atoms with E-state index in [2.05, 4.69) is 10.2 Å². The smallest absolute Gasteiger partial charge is 0.348 e. The minimum absolute atomic E-state index is 0.0403. The Morgan fingerprint density at radius 1 is 1.14 bits per heavy atom. The highest BCUT2D eigenvalue weighted by Crippen LogP contribution is 2.29. The summed E-state index contributed by atoms with van der Waals surface area (Å²) in [6, 6.07) is 4.65. The number of rotatable bonds is 3. The molecule has 0 heterocycles. The van der Waals surface area contributed by atoms with Crippen LogP contribution in [-0.2, 0) is 6.18 Å². The van der Waals surface area contributed by atoms with Gasteiger partial charge < -0.3 is 10.2 Å². The molecule has 3 nitrogen and oxygen atoms in total. The Balaban J connectivity index is 2.05. The predicted octanol–water partition coefficient (Wildman–Crippen LogP) is 3.31. The molecule has 22 heavy (non-hydrogen) atoms. The summed E-state index contributed by atoms with van der Waals surface area (Å²) in [6.45, 7) is 0. The molecule has 122 valence electrons. The van der Waals surface area contributed by atoms with Crippen LogP contribution >= 0.6 is 0 Å². The van der Waals surface area contributed by atoms with Gasteiger partial charge in [-0.25, -0.2) is 0 Å². The quantitative estimate of drug-likeness (QED) is 0.928. The van der Waals surface area contributed by atoms with Crippen LogP contribution in [0.4, 0.5) is 13.2 Å². The lowest BCUT2D eigenvalue weighted by Crippen LogP contribution is -2.51. The van der Waals surface area contributed by atoms with E-state index in [0.717, 1.165) is 37.8 Å². The summed E-state index contributed by atoms with van der Waals surface area (Å²) in [7, 11) is 3.96. The molecule has 1 fully saturated rings. The van der Waals surface area contributed by atoms with E-state index < -0.39 is 11.7 Å². The fourth-order valence-electron chi connectivity index (χ4n) is 2.96. The maximum atomic E-state index is 12.5. The Hall–Kier alpha value is -1.56. The van der Waals surface area contributed by atoms with Crippen molar-refractivity contribution < 1.29 is 18.0 Å². The molecule has 1 saturated carbocycles. The van der Waals surface area contributed by atoms with Crippen LogP contribution in [0.3, 0.4) is 0 Å². The van der Waals surface area contributed by atoms with Gasteiger partial charge in [0.1, 0.15) is 0 Å². The van der Waals surface area contributed by atoms with Crippen molar-refractivity contribution in [3.05, 3.63) is 35.4 Å². The van der Waals surface area contributed by atoms with Gasteiger partial charge in [-0.05, 0) is 51.2 Å². The van der Waals surface area contributed by atoms with Crippen LogP contribution in [0.2, 0.25) is 0 Å². The fraction of sp³-hybridized carbons (Fsp3) is 0.562. The van der Waals surface area contributed by atoms with Gasteiger partial charge in [0, 0.05) is 17.6 Å².